The third-order valence-corrected chi connectivity index (χ3v) is 1.49. The van der Waals surface area contributed by atoms with E-state index in [-0.39, 0.29) is 17.9 Å². The highest BCUT2D eigenvalue weighted by Crippen LogP contribution is 2.11. The van der Waals surface area contributed by atoms with Crippen LogP contribution >= 0.6 is 0 Å². The molecule has 4 N–H and O–H groups in total. The third kappa shape index (κ3) is 1.53. The van der Waals surface area contributed by atoms with Crippen LogP contribution in [0.2, 0.25) is 0 Å². The number of nitrogens with one attached hydrogen (secondary N) is 1. The van der Waals surface area contributed by atoms with E-state index < -0.39 is 6.23 Å². The first-order chi connectivity index (χ1) is 5.15. The molecule has 4 heteroatoms. The molecule has 1 heterocycles. The van der Waals surface area contributed by atoms with E-state index in [2.05, 4.69) is 11.4 Å². The third-order valence-electron chi connectivity index (χ3n) is 1.49. The van der Waals surface area contributed by atoms with Gasteiger partial charge in [-0.1, -0.05) is 0 Å². The van der Waals surface area contributed by atoms with Crippen LogP contribution in [0.4, 0.5) is 0 Å². The van der Waals surface area contributed by atoms with Gasteiger partial charge in [0.2, 0.25) is 0 Å². The Labute approximate surface area is 64.5 Å². The Bertz CT molecular complexity index is 220. The van der Waals surface area contributed by atoms with Crippen molar-refractivity contribution in [1.82, 2.24) is 5.32 Å². The molecule has 1 rings (SSSR count). The number of rotatable bonds is 1. The van der Waals surface area contributed by atoms with Gasteiger partial charge in [-0.3, -0.25) is 0 Å². The van der Waals surface area contributed by atoms with Crippen LogP contribution in [0, 0.1) is 6.08 Å². The summed E-state index contributed by atoms with van der Waals surface area (Å²) in [4.78, 5) is 0. The fraction of sp³-hybridized carbons (Fsp3) is 0.429. The maximum Gasteiger partial charge on any atom is 0.149 e. The molecule has 11 heavy (non-hydrogen) atoms. The van der Waals surface area contributed by atoms with Gasteiger partial charge in [0.25, 0.3) is 0 Å². The van der Waals surface area contributed by atoms with Gasteiger partial charge in [0.1, 0.15) is 12.0 Å². The molecule has 4 nitrogen and oxygen atoms in total. The zero-order valence-corrected chi connectivity index (χ0v) is 6.13. The number of allylic oxidation sites excluding steroid dienone is 2. The van der Waals surface area contributed by atoms with E-state index in [0.717, 1.165) is 0 Å². The van der Waals surface area contributed by atoms with Crippen molar-refractivity contribution in [3.63, 3.8) is 0 Å². The maximum atomic E-state index is 9.14. The second kappa shape index (κ2) is 2.94. The average Bonchev–Trinajstić information content (AvgIpc) is 1.97. The van der Waals surface area contributed by atoms with Gasteiger partial charge < -0.3 is 20.6 Å². The fourth-order valence-corrected chi connectivity index (χ4v) is 0.801. The highest BCUT2D eigenvalue weighted by atomic mass is 16.3. The van der Waals surface area contributed by atoms with E-state index in [1.165, 1.54) is 0 Å². The number of hydrogen-bond donors (Lipinski definition) is 4. The molecule has 61 valence electrons. The van der Waals surface area contributed by atoms with Crippen LogP contribution in [0.5, 0.6) is 0 Å². The number of aliphatic hydroxyl groups excluding tert-OH is 3. The van der Waals surface area contributed by atoms with Crippen LogP contribution < -0.4 is 5.32 Å². The minimum Gasteiger partial charge on any atom is -0.505 e. The van der Waals surface area contributed by atoms with Crippen molar-refractivity contribution in [3.05, 3.63) is 23.1 Å². The lowest BCUT2D eigenvalue weighted by molar-refractivity contribution is 0.156. The molecule has 0 aromatic rings. The topological polar surface area (TPSA) is 72.7 Å². The molecule has 0 fully saturated rings. The van der Waals surface area contributed by atoms with Gasteiger partial charge in [-0.15, -0.1) is 0 Å². The molecule has 1 radical (unpaired) electrons. The van der Waals surface area contributed by atoms with Crippen molar-refractivity contribution in [1.29, 1.82) is 0 Å². The Balaban J connectivity index is 2.87. The molecule has 1 atom stereocenters. The summed E-state index contributed by atoms with van der Waals surface area (Å²) in [6, 6.07) is 0. The minimum atomic E-state index is -0.934. The summed E-state index contributed by atoms with van der Waals surface area (Å²) >= 11 is 0. The first kappa shape index (κ1) is 8.10. The summed E-state index contributed by atoms with van der Waals surface area (Å²) in [7, 11) is 0. The van der Waals surface area contributed by atoms with E-state index in [0.29, 0.717) is 5.70 Å². The first-order valence-electron chi connectivity index (χ1n) is 3.23. The summed E-state index contributed by atoms with van der Waals surface area (Å²) in [6.07, 6.45) is 1.52. The lowest BCUT2D eigenvalue weighted by Crippen LogP contribution is -2.34. The monoisotopic (exact) mass is 156 g/mol. The van der Waals surface area contributed by atoms with Gasteiger partial charge in [-0.2, -0.15) is 0 Å². The van der Waals surface area contributed by atoms with E-state index in [1.54, 1.807) is 6.92 Å². The van der Waals surface area contributed by atoms with Gasteiger partial charge in [0.15, 0.2) is 0 Å². The van der Waals surface area contributed by atoms with Crippen molar-refractivity contribution in [2.75, 3.05) is 6.61 Å². The van der Waals surface area contributed by atoms with Crippen LogP contribution in [0.15, 0.2) is 17.0 Å². The average molecular weight is 156 g/mol. The van der Waals surface area contributed by atoms with Crippen molar-refractivity contribution in [2.24, 2.45) is 0 Å². The minimum absolute atomic E-state index is 0.0700. The standard InChI is InChI=1S/C7H10NO3/c1-4-6(10)2-5(3-9)7(11)8-4/h7-11H,3H2,1H3. The second-order valence-corrected chi connectivity index (χ2v) is 2.33. The van der Waals surface area contributed by atoms with Crippen molar-refractivity contribution < 1.29 is 15.3 Å². The SMILES string of the molecule is CC1=C(O)[C]=C(CO)C(O)N1. The Morgan fingerprint density at radius 1 is 1.64 bits per heavy atom. The molecule has 1 aliphatic heterocycles. The number of aliphatic hydroxyl groups is 3. The van der Waals surface area contributed by atoms with Crippen LogP contribution in [0.1, 0.15) is 6.92 Å². The maximum absolute atomic E-state index is 9.14. The lowest BCUT2D eigenvalue weighted by Gasteiger charge is -2.20. The molecule has 1 unspecified atom stereocenters. The summed E-state index contributed by atoms with van der Waals surface area (Å²) in [5.74, 6) is -0.0700. The molecule has 0 bridgehead atoms. The molecule has 0 saturated heterocycles. The molecular formula is C7H10NO3. The number of hydrogen-bond acceptors (Lipinski definition) is 4. The Morgan fingerprint density at radius 3 is 2.82 bits per heavy atom. The van der Waals surface area contributed by atoms with Gasteiger partial charge in [0, 0.05) is 11.6 Å². The lowest BCUT2D eigenvalue weighted by atomic mass is 10.1. The predicted octanol–water partition coefficient (Wildman–Crippen LogP) is -0.581. The van der Waals surface area contributed by atoms with Crippen molar-refractivity contribution >= 4 is 0 Å². The molecule has 1 aliphatic rings. The van der Waals surface area contributed by atoms with Crippen LogP contribution in [-0.4, -0.2) is 28.2 Å². The fourth-order valence-electron chi connectivity index (χ4n) is 0.801. The highest BCUT2D eigenvalue weighted by molar-refractivity contribution is 5.24. The molecular weight excluding hydrogens is 146 g/mol. The van der Waals surface area contributed by atoms with Gasteiger partial charge >= 0.3 is 0 Å². The molecule has 0 amide bonds. The van der Waals surface area contributed by atoms with E-state index >= 15 is 0 Å². The summed E-state index contributed by atoms with van der Waals surface area (Å²) in [5, 5.41) is 29.4. The van der Waals surface area contributed by atoms with E-state index in [4.69, 9.17) is 15.3 Å². The van der Waals surface area contributed by atoms with Crippen molar-refractivity contribution in [2.45, 2.75) is 13.2 Å². The molecule has 0 aromatic carbocycles. The molecule has 0 spiro atoms. The summed E-state index contributed by atoms with van der Waals surface area (Å²) in [5.41, 5.74) is 0.697. The van der Waals surface area contributed by atoms with Crippen LogP contribution in [0.25, 0.3) is 0 Å². The predicted molar refractivity (Wildman–Crippen MR) is 38.3 cm³/mol. The Hall–Kier alpha value is -1.00. The molecule has 0 aromatic heterocycles. The molecule has 0 saturated carbocycles. The van der Waals surface area contributed by atoms with Crippen LogP contribution in [-0.2, 0) is 0 Å². The highest BCUT2D eigenvalue weighted by Gasteiger charge is 2.16. The van der Waals surface area contributed by atoms with Crippen molar-refractivity contribution in [3.8, 4) is 0 Å². The second-order valence-electron chi connectivity index (χ2n) is 2.33. The van der Waals surface area contributed by atoms with Gasteiger partial charge in [-0.05, 0) is 6.92 Å². The Kier molecular flexibility index (Phi) is 2.16. The summed E-state index contributed by atoms with van der Waals surface area (Å²) < 4.78 is 0. The first-order valence-corrected chi connectivity index (χ1v) is 3.23. The Morgan fingerprint density at radius 2 is 2.27 bits per heavy atom. The van der Waals surface area contributed by atoms with E-state index in [1.807, 2.05) is 0 Å². The largest absolute Gasteiger partial charge is 0.505 e. The van der Waals surface area contributed by atoms with E-state index in [9.17, 15) is 0 Å². The quantitative estimate of drug-likeness (QED) is 0.410. The van der Waals surface area contributed by atoms with Gasteiger partial charge in [-0.25, -0.2) is 0 Å². The zero-order chi connectivity index (χ0) is 8.43. The number of dihydropyridines is 1. The summed E-state index contributed by atoms with van der Waals surface area (Å²) in [6.45, 7) is 1.30. The molecule has 0 aliphatic carbocycles. The van der Waals surface area contributed by atoms with Gasteiger partial charge in [0.05, 0.1) is 12.3 Å². The zero-order valence-electron chi connectivity index (χ0n) is 6.13. The van der Waals surface area contributed by atoms with Crippen LogP contribution in [0.3, 0.4) is 0 Å². The normalized spacial score (nSPS) is 24.6. The smallest absolute Gasteiger partial charge is 0.149 e.